The average Bonchev–Trinajstić information content (AvgIpc) is 3.10. The summed E-state index contributed by atoms with van der Waals surface area (Å²) in [6, 6.07) is 1.90. The molecular formula is C18H22N4O2. The number of hydrogen-bond donors (Lipinski definition) is 0. The first-order valence-electron chi connectivity index (χ1n) is 8.01. The summed E-state index contributed by atoms with van der Waals surface area (Å²) in [7, 11) is 0. The van der Waals surface area contributed by atoms with Crippen LogP contribution in [0.5, 0.6) is 0 Å². The normalized spacial score (nSPS) is 14.0. The summed E-state index contributed by atoms with van der Waals surface area (Å²) < 4.78 is 7.25. The minimum absolute atomic E-state index is 0.389. The van der Waals surface area contributed by atoms with Crippen LogP contribution in [0.2, 0.25) is 0 Å². The molecule has 6 nitrogen and oxygen atoms in total. The molecular weight excluding hydrogens is 304 g/mol. The van der Waals surface area contributed by atoms with Gasteiger partial charge in [-0.2, -0.15) is 5.10 Å². The van der Waals surface area contributed by atoms with Crippen molar-refractivity contribution in [1.29, 1.82) is 0 Å². The van der Waals surface area contributed by atoms with E-state index in [9.17, 15) is 4.79 Å². The maximum Gasteiger partial charge on any atom is 0.415 e. The second-order valence-corrected chi connectivity index (χ2v) is 6.88. The van der Waals surface area contributed by atoms with Crippen molar-refractivity contribution in [3.05, 3.63) is 42.5 Å². The van der Waals surface area contributed by atoms with Crippen molar-refractivity contribution in [2.45, 2.75) is 39.7 Å². The molecule has 0 N–H and O–H groups in total. The lowest BCUT2D eigenvalue weighted by Gasteiger charge is -2.24. The van der Waals surface area contributed by atoms with Crippen LogP contribution in [0.25, 0.3) is 11.3 Å². The first kappa shape index (κ1) is 16.2. The molecule has 0 unspecified atom stereocenters. The van der Waals surface area contributed by atoms with Gasteiger partial charge in [-0.1, -0.05) is 13.5 Å². The van der Waals surface area contributed by atoms with E-state index in [1.54, 1.807) is 15.8 Å². The van der Waals surface area contributed by atoms with Gasteiger partial charge in [0.15, 0.2) is 0 Å². The van der Waals surface area contributed by atoms with E-state index < -0.39 is 11.7 Å². The molecule has 2 aromatic heterocycles. The Morgan fingerprint density at radius 1 is 1.38 bits per heavy atom. The van der Waals surface area contributed by atoms with Crippen LogP contribution in [0, 0.1) is 0 Å². The lowest BCUT2D eigenvalue weighted by molar-refractivity contribution is 0.0586. The highest BCUT2D eigenvalue weighted by molar-refractivity contribution is 5.98. The van der Waals surface area contributed by atoms with Crippen molar-refractivity contribution >= 4 is 17.4 Å². The van der Waals surface area contributed by atoms with Gasteiger partial charge in [0.25, 0.3) is 0 Å². The first-order valence-corrected chi connectivity index (χ1v) is 8.01. The van der Waals surface area contributed by atoms with Crippen LogP contribution in [0.4, 0.5) is 10.5 Å². The van der Waals surface area contributed by atoms with Crippen LogP contribution in [-0.4, -0.2) is 33.0 Å². The zero-order valence-electron chi connectivity index (χ0n) is 14.5. The summed E-state index contributed by atoms with van der Waals surface area (Å²) in [4.78, 5) is 18.5. The third-order valence-electron chi connectivity index (χ3n) is 3.75. The van der Waals surface area contributed by atoms with Crippen LogP contribution < -0.4 is 4.90 Å². The molecule has 0 atom stereocenters. The van der Waals surface area contributed by atoms with Gasteiger partial charge < -0.3 is 4.74 Å². The maximum atomic E-state index is 12.5. The number of ether oxygens (including phenoxy) is 1. The molecule has 1 aliphatic heterocycles. The fourth-order valence-electron chi connectivity index (χ4n) is 2.56. The van der Waals surface area contributed by atoms with Gasteiger partial charge in [-0.25, -0.2) is 9.48 Å². The number of pyridine rings is 1. The summed E-state index contributed by atoms with van der Waals surface area (Å²) in [5.41, 5.74) is 3.63. The third kappa shape index (κ3) is 3.04. The second-order valence-electron chi connectivity index (χ2n) is 6.88. The maximum absolute atomic E-state index is 12.5. The van der Waals surface area contributed by atoms with Gasteiger partial charge in [-0.3, -0.25) is 9.88 Å². The predicted octanol–water partition coefficient (Wildman–Crippen LogP) is 3.60. The van der Waals surface area contributed by atoms with Crippen LogP contribution in [0.1, 0.15) is 39.0 Å². The Hall–Kier alpha value is -2.63. The molecule has 0 bridgehead atoms. The standard InChI is InChI=1S/C18H22N4O2/c1-6-13-8-20-22(11-13)14-7-15-16(19-9-14)12(2)10-21(15)17(23)24-18(3,4)5/h7-9,11H,2,6,10H2,1,3-5H3. The number of anilines is 1. The molecule has 3 heterocycles. The quantitative estimate of drug-likeness (QED) is 0.846. The van der Waals surface area contributed by atoms with Gasteiger partial charge >= 0.3 is 6.09 Å². The van der Waals surface area contributed by atoms with Crippen molar-refractivity contribution in [2.75, 3.05) is 11.4 Å². The Balaban J connectivity index is 1.96. The van der Waals surface area contributed by atoms with E-state index in [0.29, 0.717) is 12.2 Å². The lowest BCUT2D eigenvalue weighted by atomic mass is 10.2. The second kappa shape index (κ2) is 5.78. The minimum Gasteiger partial charge on any atom is -0.443 e. The molecule has 0 saturated carbocycles. The number of carbonyl (C=O) groups is 1. The van der Waals surface area contributed by atoms with Gasteiger partial charge in [0.1, 0.15) is 5.60 Å². The monoisotopic (exact) mass is 326 g/mol. The number of hydrogen-bond acceptors (Lipinski definition) is 4. The molecule has 0 radical (unpaired) electrons. The number of aryl methyl sites for hydroxylation is 1. The zero-order chi connectivity index (χ0) is 17.5. The van der Waals surface area contributed by atoms with Crippen LogP contribution >= 0.6 is 0 Å². The molecule has 6 heteroatoms. The largest absolute Gasteiger partial charge is 0.443 e. The fourth-order valence-corrected chi connectivity index (χ4v) is 2.56. The molecule has 0 aliphatic carbocycles. The van der Waals surface area contributed by atoms with Gasteiger partial charge in [0, 0.05) is 6.20 Å². The summed E-state index contributed by atoms with van der Waals surface area (Å²) in [5.74, 6) is 0. The summed E-state index contributed by atoms with van der Waals surface area (Å²) in [6.07, 6.45) is 6.06. The first-order chi connectivity index (χ1) is 11.3. The highest BCUT2D eigenvalue weighted by Crippen LogP contribution is 2.35. The molecule has 3 rings (SSSR count). The molecule has 0 fully saturated rings. The number of rotatable bonds is 2. The van der Waals surface area contributed by atoms with Gasteiger partial charge in [0.05, 0.1) is 36.0 Å². The number of nitrogens with zero attached hydrogens (tertiary/aromatic N) is 4. The smallest absolute Gasteiger partial charge is 0.415 e. The Morgan fingerprint density at radius 3 is 2.75 bits per heavy atom. The number of aromatic nitrogens is 3. The molecule has 0 saturated heterocycles. The lowest BCUT2D eigenvalue weighted by Crippen LogP contribution is -2.35. The average molecular weight is 326 g/mol. The van der Waals surface area contributed by atoms with Gasteiger partial charge in [0.2, 0.25) is 0 Å². The highest BCUT2D eigenvalue weighted by Gasteiger charge is 2.32. The van der Waals surface area contributed by atoms with Crippen molar-refractivity contribution in [2.24, 2.45) is 0 Å². The summed E-state index contributed by atoms with van der Waals surface area (Å²) in [6.45, 7) is 12.0. The summed E-state index contributed by atoms with van der Waals surface area (Å²) in [5, 5.41) is 4.35. The topological polar surface area (TPSA) is 60.2 Å². The molecule has 0 spiro atoms. The molecule has 126 valence electrons. The van der Waals surface area contributed by atoms with Crippen molar-refractivity contribution in [1.82, 2.24) is 14.8 Å². The van der Waals surface area contributed by atoms with Gasteiger partial charge in [-0.15, -0.1) is 0 Å². The van der Waals surface area contributed by atoms with Crippen molar-refractivity contribution in [3.8, 4) is 5.69 Å². The molecule has 0 aromatic carbocycles. The van der Waals surface area contributed by atoms with E-state index in [-0.39, 0.29) is 0 Å². The third-order valence-corrected chi connectivity index (χ3v) is 3.75. The van der Waals surface area contributed by atoms with Crippen LogP contribution in [-0.2, 0) is 11.2 Å². The minimum atomic E-state index is -0.551. The summed E-state index contributed by atoms with van der Waals surface area (Å²) >= 11 is 0. The van der Waals surface area contributed by atoms with Crippen LogP contribution in [0.3, 0.4) is 0 Å². The highest BCUT2D eigenvalue weighted by atomic mass is 16.6. The SMILES string of the molecule is C=C1CN(C(=O)OC(C)(C)C)c2cc(-n3cc(CC)cn3)cnc21. The Kier molecular flexibility index (Phi) is 3.91. The molecule has 1 amide bonds. The molecule has 24 heavy (non-hydrogen) atoms. The zero-order valence-corrected chi connectivity index (χ0v) is 14.5. The van der Waals surface area contributed by atoms with E-state index in [2.05, 4.69) is 23.6 Å². The van der Waals surface area contributed by atoms with Crippen molar-refractivity contribution in [3.63, 3.8) is 0 Å². The van der Waals surface area contributed by atoms with Crippen LogP contribution in [0.15, 0.2) is 31.2 Å². The van der Waals surface area contributed by atoms with E-state index in [0.717, 1.165) is 28.9 Å². The molecule has 2 aromatic rings. The Labute approximate surface area is 141 Å². The fraction of sp³-hybridized carbons (Fsp3) is 0.389. The Morgan fingerprint density at radius 2 is 2.12 bits per heavy atom. The number of amides is 1. The van der Waals surface area contributed by atoms with Crippen molar-refractivity contribution < 1.29 is 9.53 Å². The van der Waals surface area contributed by atoms with E-state index in [1.165, 1.54) is 0 Å². The van der Waals surface area contributed by atoms with E-state index >= 15 is 0 Å². The van der Waals surface area contributed by atoms with Gasteiger partial charge in [-0.05, 0) is 44.4 Å². The number of fused-ring (bicyclic) bond motifs is 1. The Bertz CT molecular complexity index is 802. The number of carbonyl (C=O) groups excluding carboxylic acids is 1. The molecule has 1 aliphatic rings. The van der Waals surface area contributed by atoms with E-state index in [1.807, 2.05) is 39.2 Å². The predicted molar refractivity (Wildman–Crippen MR) is 93.4 cm³/mol. The van der Waals surface area contributed by atoms with E-state index in [4.69, 9.17) is 4.74 Å².